The minimum atomic E-state index is -0.825. The molecular formula is C24H27FN4OS. The van der Waals surface area contributed by atoms with Crippen LogP contribution in [0.25, 0.3) is 0 Å². The summed E-state index contributed by atoms with van der Waals surface area (Å²) in [6.07, 6.45) is 3.62. The number of aryl methyl sites for hydroxylation is 2. The Morgan fingerprint density at radius 3 is 2.77 bits per heavy atom. The Labute approximate surface area is 186 Å². The maximum Gasteiger partial charge on any atom is 0.233 e. The molecule has 3 aromatic rings. The van der Waals surface area contributed by atoms with Crippen molar-refractivity contribution in [1.82, 2.24) is 14.9 Å². The molecule has 0 spiro atoms. The Kier molecular flexibility index (Phi) is 5.79. The summed E-state index contributed by atoms with van der Waals surface area (Å²) in [5.74, 6) is -0.334. The number of benzene rings is 1. The third kappa shape index (κ3) is 4.46. The summed E-state index contributed by atoms with van der Waals surface area (Å²) >= 11 is 1.60. The number of likely N-dealkylation sites (tertiary alicyclic amines) is 1. The van der Waals surface area contributed by atoms with Crippen LogP contribution in [0.2, 0.25) is 0 Å². The Morgan fingerprint density at radius 2 is 2.06 bits per heavy atom. The normalized spacial score (nSPS) is 16.5. The van der Waals surface area contributed by atoms with E-state index in [2.05, 4.69) is 10.3 Å². The summed E-state index contributed by atoms with van der Waals surface area (Å²) in [6, 6.07) is 10.2. The van der Waals surface area contributed by atoms with Gasteiger partial charge in [0.1, 0.15) is 5.82 Å². The molecule has 1 aliphatic heterocycles. The second-order valence-corrected chi connectivity index (χ2v) is 9.85. The maximum absolute atomic E-state index is 13.8. The first kappa shape index (κ1) is 21.4. The minimum absolute atomic E-state index is 0.00559. The van der Waals surface area contributed by atoms with Crippen LogP contribution in [0.1, 0.15) is 54.6 Å². The summed E-state index contributed by atoms with van der Waals surface area (Å²) in [7, 11) is 0. The number of amides is 1. The van der Waals surface area contributed by atoms with Crippen molar-refractivity contribution in [1.29, 1.82) is 0 Å². The first-order valence-electron chi connectivity index (χ1n) is 10.5. The van der Waals surface area contributed by atoms with Gasteiger partial charge in [-0.2, -0.15) is 0 Å². The lowest BCUT2D eigenvalue weighted by atomic mass is 9.83. The summed E-state index contributed by atoms with van der Waals surface area (Å²) in [6.45, 7) is 8.38. The van der Waals surface area contributed by atoms with Gasteiger partial charge in [-0.1, -0.05) is 12.1 Å². The highest BCUT2D eigenvalue weighted by Crippen LogP contribution is 2.37. The van der Waals surface area contributed by atoms with Crippen molar-refractivity contribution in [3.63, 3.8) is 0 Å². The summed E-state index contributed by atoms with van der Waals surface area (Å²) < 4.78 is 13.8. The maximum atomic E-state index is 13.8. The molecule has 1 atom stereocenters. The summed E-state index contributed by atoms with van der Waals surface area (Å²) in [5, 5.41) is 4.19. The molecule has 1 saturated heterocycles. The minimum Gasteiger partial charge on any atom is -0.333 e. The zero-order valence-corrected chi connectivity index (χ0v) is 19.1. The highest BCUT2D eigenvalue weighted by molar-refractivity contribution is 7.15. The molecule has 5 nitrogen and oxygen atoms in total. The van der Waals surface area contributed by atoms with Crippen LogP contribution in [-0.2, 0) is 10.2 Å². The zero-order chi connectivity index (χ0) is 22.2. The van der Waals surface area contributed by atoms with Crippen molar-refractivity contribution >= 4 is 28.1 Å². The number of nitrogens with one attached hydrogen (secondary N) is 1. The molecule has 7 heteroatoms. The van der Waals surface area contributed by atoms with Crippen LogP contribution < -0.4 is 5.32 Å². The van der Waals surface area contributed by atoms with Gasteiger partial charge in [0, 0.05) is 29.0 Å². The van der Waals surface area contributed by atoms with Gasteiger partial charge in [0.05, 0.1) is 17.2 Å². The van der Waals surface area contributed by atoms with Crippen molar-refractivity contribution in [2.45, 2.75) is 52.0 Å². The number of aromatic nitrogens is 2. The molecule has 0 aliphatic carbocycles. The van der Waals surface area contributed by atoms with Crippen LogP contribution in [0.4, 0.5) is 15.2 Å². The van der Waals surface area contributed by atoms with E-state index in [-0.39, 0.29) is 17.8 Å². The molecule has 0 saturated carbocycles. The predicted octanol–water partition coefficient (Wildman–Crippen LogP) is 5.68. The standard InChI is InChI=1S/C24H27FN4OS/c1-15-11-19(28-23-26-14-16(2)31-23)13-20(27-15)21-9-6-10-29(21)22(30)24(3,4)17-7-5-8-18(25)12-17/h5,7-8,11-14,21H,6,9-10H2,1-4H3,(H,26,27,28). The molecule has 1 aromatic carbocycles. The predicted molar refractivity (Wildman–Crippen MR) is 122 cm³/mol. The molecule has 0 radical (unpaired) electrons. The Morgan fingerprint density at radius 1 is 1.26 bits per heavy atom. The Bertz CT molecular complexity index is 1110. The van der Waals surface area contributed by atoms with E-state index in [1.165, 1.54) is 12.1 Å². The average molecular weight is 439 g/mol. The summed E-state index contributed by atoms with van der Waals surface area (Å²) in [4.78, 5) is 25.8. The van der Waals surface area contributed by atoms with Gasteiger partial charge in [-0.15, -0.1) is 11.3 Å². The van der Waals surface area contributed by atoms with E-state index in [1.807, 2.05) is 57.0 Å². The largest absolute Gasteiger partial charge is 0.333 e. The topological polar surface area (TPSA) is 58.1 Å². The Balaban J connectivity index is 1.61. The van der Waals surface area contributed by atoms with Crippen LogP contribution in [0.15, 0.2) is 42.6 Å². The van der Waals surface area contributed by atoms with Crippen molar-refractivity contribution in [2.75, 3.05) is 11.9 Å². The zero-order valence-electron chi connectivity index (χ0n) is 18.3. The molecule has 1 aliphatic rings. The number of thiazole rings is 1. The molecule has 2 aromatic heterocycles. The fourth-order valence-electron chi connectivity index (χ4n) is 4.15. The van der Waals surface area contributed by atoms with Gasteiger partial charge in [-0.25, -0.2) is 9.37 Å². The molecule has 162 valence electrons. The van der Waals surface area contributed by atoms with Gasteiger partial charge in [0.15, 0.2) is 5.13 Å². The molecule has 1 fully saturated rings. The number of rotatable bonds is 5. The Hall–Kier alpha value is -2.80. The SMILES string of the molecule is Cc1cc(Nc2ncc(C)s2)cc(C2CCCN2C(=O)C(C)(C)c2cccc(F)c2)n1. The third-order valence-electron chi connectivity index (χ3n) is 5.78. The number of pyridine rings is 1. The van der Waals surface area contributed by atoms with Crippen molar-refractivity contribution in [2.24, 2.45) is 0 Å². The van der Waals surface area contributed by atoms with Gasteiger partial charge in [0.25, 0.3) is 0 Å². The first-order valence-corrected chi connectivity index (χ1v) is 11.3. The molecule has 31 heavy (non-hydrogen) atoms. The fourth-order valence-corrected chi connectivity index (χ4v) is 4.83. The monoisotopic (exact) mass is 438 g/mol. The lowest BCUT2D eigenvalue weighted by Gasteiger charge is -2.33. The van der Waals surface area contributed by atoms with Crippen LogP contribution >= 0.6 is 11.3 Å². The third-order valence-corrected chi connectivity index (χ3v) is 6.61. The molecule has 4 rings (SSSR count). The smallest absolute Gasteiger partial charge is 0.233 e. The van der Waals surface area contributed by atoms with Gasteiger partial charge >= 0.3 is 0 Å². The lowest BCUT2D eigenvalue weighted by Crippen LogP contribution is -2.43. The fraction of sp³-hybridized carbons (Fsp3) is 0.375. The van der Waals surface area contributed by atoms with Crippen molar-refractivity contribution in [3.05, 3.63) is 70.2 Å². The van der Waals surface area contributed by atoms with E-state index >= 15 is 0 Å². The van der Waals surface area contributed by atoms with Crippen LogP contribution in [0.5, 0.6) is 0 Å². The second kappa shape index (κ2) is 8.38. The molecule has 1 unspecified atom stereocenters. The molecular weight excluding hydrogens is 411 g/mol. The van der Waals surface area contributed by atoms with Crippen molar-refractivity contribution in [3.8, 4) is 0 Å². The molecule has 0 bridgehead atoms. The molecule has 3 heterocycles. The van der Waals surface area contributed by atoms with Crippen molar-refractivity contribution < 1.29 is 9.18 Å². The highest BCUT2D eigenvalue weighted by Gasteiger charge is 2.40. The number of hydrogen-bond acceptors (Lipinski definition) is 5. The first-order chi connectivity index (χ1) is 14.7. The van der Waals surface area contributed by atoms with E-state index in [0.29, 0.717) is 12.1 Å². The lowest BCUT2D eigenvalue weighted by molar-refractivity contribution is -0.137. The molecule has 1 amide bonds. The van der Waals surface area contributed by atoms with Gasteiger partial charge in [-0.3, -0.25) is 9.78 Å². The van der Waals surface area contributed by atoms with Gasteiger partial charge < -0.3 is 10.2 Å². The second-order valence-electron chi connectivity index (χ2n) is 8.62. The van der Waals surface area contributed by atoms with Crippen LogP contribution in [0.3, 0.4) is 0 Å². The van der Waals surface area contributed by atoms with E-state index in [4.69, 9.17) is 4.98 Å². The number of nitrogens with zero attached hydrogens (tertiary/aromatic N) is 3. The van der Waals surface area contributed by atoms with E-state index < -0.39 is 5.41 Å². The number of anilines is 2. The van der Waals surface area contributed by atoms with Crippen LogP contribution in [-0.4, -0.2) is 27.3 Å². The highest BCUT2D eigenvalue weighted by atomic mass is 32.1. The van der Waals surface area contributed by atoms with Gasteiger partial charge in [-0.05, 0) is 70.4 Å². The molecule has 1 N–H and O–H groups in total. The van der Waals surface area contributed by atoms with E-state index in [0.717, 1.165) is 39.9 Å². The number of carbonyl (C=O) groups is 1. The number of hydrogen-bond donors (Lipinski definition) is 1. The summed E-state index contributed by atoms with van der Waals surface area (Å²) in [5.41, 5.74) is 2.53. The quantitative estimate of drug-likeness (QED) is 0.557. The number of carbonyl (C=O) groups excluding carboxylic acids is 1. The number of halogens is 1. The van der Waals surface area contributed by atoms with E-state index in [9.17, 15) is 9.18 Å². The van der Waals surface area contributed by atoms with Gasteiger partial charge in [0.2, 0.25) is 5.91 Å². The van der Waals surface area contributed by atoms with Crippen LogP contribution in [0, 0.1) is 19.7 Å². The van der Waals surface area contributed by atoms with E-state index in [1.54, 1.807) is 17.4 Å². The average Bonchev–Trinajstić information content (AvgIpc) is 3.36.